The lowest BCUT2D eigenvalue weighted by molar-refractivity contribution is 0.0949. The second-order valence-electron chi connectivity index (χ2n) is 6.24. The van der Waals surface area contributed by atoms with Crippen molar-refractivity contribution < 1.29 is 4.79 Å². The van der Waals surface area contributed by atoms with E-state index in [-0.39, 0.29) is 17.0 Å². The highest BCUT2D eigenvalue weighted by atomic mass is 16.2. The smallest absolute Gasteiger partial charge is 0.261 e. The van der Waals surface area contributed by atoms with Crippen LogP contribution in [0.3, 0.4) is 0 Å². The van der Waals surface area contributed by atoms with Crippen molar-refractivity contribution in [1.29, 1.82) is 0 Å². The average Bonchev–Trinajstić information content (AvgIpc) is 2.60. The number of H-pyrrole nitrogens is 1. The molecule has 0 aliphatic carbocycles. The Morgan fingerprint density at radius 3 is 2.52 bits per heavy atom. The summed E-state index contributed by atoms with van der Waals surface area (Å²) in [5.74, 6) is -0.354. The number of nitrogens with zero attached hydrogens (tertiary/aromatic N) is 1. The summed E-state index contributed by atoms with van der Waals surface area (Å²) in [4.78, 5) is 29.2. The van der Waals surface area contributed by atoms with Crippen LogP contribution in [0.5, 0.6) is 0 Å². The van der Waals surface area contributed by atoms with Gasteiger partial charge in [-0.1, -0.05) is 36.4 Å². The minimum Gasteiger partial charge on any atom is -0.351 e. The van der Waals surface area contributed by atoms with Crippen molar-refractivity contribution in [2.45, 2.75) is 0 Å². The minimum atomic E-state index is -0.381. The lowest BCUT2D eigenvalue weighted by Gasteiger charge is -2.10. The van der Waals surface area contributed by atoms with Crippen LogP contribution < -0.4 is 10.9 Å². The first-order valence-corrected chi connectivity index (χ1v) is 8.20. The number of benzene rings is 2. The molecule has 25 heavy (non-hydrogen) atoms. The first-order chi connectivity index (χ1) is 12.0. The molecule has 3 aromatic rings. The Hall–Kier alpha value is -2.92. The lowest BCUT2D eigenvalue weighted by atomic mass is 10.0. The van der Waals surface area contributed by atoms with Gasteiger partial charge >= 0.3 is 0 Å². The van der Waals surface area contributed by atoms with Crippen molar-refractivity contribution in [2.24, 2.45) is 0 Å². The van der Waals surface area contributed by atoms with Crippen molar-refractivity contribution >= 4 is 16.7 Å². The largest absolute Gasteiger partial charge is 0.351 e. The van der Waals surface area contributed by atoms with E-state index in [0.29, 0.717) is 12.2 Å². The zero-order valence-corrected chi connectivity index (χ0v) is 14.4. The maximum absolute atomic E-state index is 12.3. The number of fused-ring (bicyclic) bond motifs is 1. The molecule has 0 aliphatic heterocycles. The molecular weight excluding hydrogens is 314 g/mol. The fourth-order valence-corrected chi connectivity index (χ4v) is 2.67. The Morgan fingerprint density at radius 1 is 1.04 bits per heavy atom. The van der Waals surface area contributed by atoms with Crippen LogP contribution in [-0.4, -0.2) is 43.0 Å². The summed E-state index contributed by atoms with van der Waals surface area (Å²) in [6, 6.07) is 17.4. The molecule has 0 fully saturated rings. The van der Waals surface area contributed by atoms with Crippen LogP contribution in [0.15, 0.2) is 59.4 Å². The molecule has 0 saturated carbocycles. The molecular formula is C20H21N3O2. The van der Waals surface area contributed by atoms with Crippen molar-refractivity contribution in [2.75, 3.05) is 27.2 Å². The molecule has 5 nitrogen and oxygen atoms in total. The molecule has 1 aromatic heterocycles. The van der Waals surface area contributed by atoms with Gasteiger partial charge in [0.15, 0.2) is 0 Å². The van der Waals surface area contributed by atoms with E-state index in [0.717, 1.165) is 22.9 Å². The Labute approximate surface area is 146 Å². The molecule has 0 atom stereocenters. The Balaban J connectivity index is 1.83. The topological polar surface area (TPSA) is 65.2 Å². The van der Waals surface area contributed by atoms with Gasteiger partial charge in [0.05, 0.1) is 0 Å². The van der Waals surface area contributed by atoms with Gasteiger partial charge in [-0.3, -0.25) is 9.59 Å². The van der Waals surface area contributed by atoms with Gasteiger partial charge in [-0.05, 0) is 48.6 Å². The van der Waals surface area contributed by atoms with E-state index in [1.807, 2.05) is 61.5 Å². The molecule has 2 N–H and O–H groups in total. The summed E-state index contributed by atoms with van der Waals surface area (Å²) in [5, 5.41) is 5.00. The number of likely N-dealkylation sites (N-methyl/N-ethyl adjacent to an activating group) is 1. The molecule has 128 valence electrons. The summed E-state index contributed by atoms with van der Waals surface area (Å²) in [6.07, 6.45) is 0. The number of aromatic nitrogens is 1. The fourth-order valence-electron chi connectivity index (χ4n) is 2.67. The van der Waals surface area contributed by atoms with E-state index >= 15 is 0 Å². The zero-order valence-electron chi connectivity index (χ0n) is 14.4. The fraction of sp³-hybridized carbons (Fsp3) is 0.200. The molecule has 1 heterocycles. The van der Waals surface area contributed by atoms with Crippen molar-refractivity contribution in [3.63, 3.8) is 0 Å². The Morgan fingerprint density at radius 2 is 1.80 bits per heavy atom. The first-order valence-electron chi connectivity index (χ1n) is 8.20. The highest BCUT2D eigenvalue weighted by molar-refractivity contribution is 5.94. The van der Waals surface area contributed by atoms with Crippen molar-refractivity contribution in [3.8, 4) is 11.3 Å². The number of hydrogen-bond donors (Lipinski definition) is 2. The SMILES string of the molecule is CN(C)CCNC(=O)c1ccc(-c2ccc3ccccc3c2)[nH]c1=O. The van der Waals surface area contributed by atoms with Gasteiger partial charge in [-0.2, -0.15) is 0 Å². The van der Waals surface area contributed by atoms with Gasteiger partial charge in [0.25, 0.3) is 11.5 Å². The number of pyridine rings is 1. The molecule has 0 bridgehead atoms. The van der Waals surface area contributed by atoms with E-state index in [1.165, 1.54) is 0 Å². The van der Waals surface area contributed by atoms with E-state index in [1.54, 1.807) is 12.1 Å². The summed E-state index contributed by atoms with van der Waals surface area (Å²) in [7, 11) is 3.86. The van der Waals surface area contributed by atoms with Gasteiger partial charge in [0, 0.05) is 18.8 Å². The second-order valence-corrected chi connectivity index (χ2v) is 6.24. The molecule has 3 rings (SSSR count). The summed E-state index contributed by atoms with van der Waals surface area (Å²) < 4.78 is 0. The second kappa shape index (κ2) is 7.32. The van der Waals surface area contributed by atoms with Gasteiger partial charge in [-0.25, -0.2) is 0 Å². The maximum Gasteiger partial charge on any atom is 0.261 e. The maximum atomic E-state index is 12.3. The normalized spacial score (nSPS) is 11.0. The van der Waals surface area contributed by atoms with Crippen molar-refractivity contribution in [1.82, 2.24) is 15.2 Å². The van der Waals surface area contributed by atoms with Gasteiger partial charge < -0.3 is 15.2 Å². The number of carbonyl (C=O) groups is 1. The van der Waals surface area contributed by atoms with Crippen LogP contribution in [0.1, 0.15) is 10.4 Å². The zero-order chi connectivity index (χ0) is 17.8. The predicted molar refractivity (Wildman–Crippen MR) is 101 cm³/mol. The van der Waals surface area contributed by atoms with Crippen molar-refractivity contribution in [3.05, 3.63) is 70.5 Å². The molecule has 2 aromatic carbocycles. The molecule has 0 saturated heterocycles. The molecule has 1 amide bonds. The third-order valence-electron chi connectivity index (χ3n) is 4.06. The van der Waals surface area contributed by atoms with E-state index < -0.39 is 0 Å². The molecule has 5 heteroatoms. The number of aromatic amines is 1. The Bertz CT molecular complexity index is 960. The monoisotopic (exact) mass is 335 g/mol. The van der Waals surface area contributed by atoms with Crippen LogP contribution >= 0.6 is 0 Å². The quantitative estimate of drug-likeness (QED) is 0.753. The number of amides is 1. The number of carbonyl (C=O) groups excluding carboxylic acids is 1. The molecule has 0 spiro atoms. The highest BCUT2D eigenvalue weighted by Gasteiger charge is 2.11. The number of nitrogens with one attached hydrogen (secondary N) is 2. The van der Waals surface area contributed by atoms with E-state index in [2.05, 4.69) is 10.3 Å². The van der Waals surface area contributed by atoms with E-state index in [4.69, 9.17) is 0 Å². The standard InChI is InChI=1S/C20H21N3O2/c1-23(2)12-11-21-19(24)17-9-10-18(22-20(17)25)16-8-7-14-5-3-4-6-15(14)13-16/h3-10,13H,11-12H2,1-2H3,(H,21,24)(H,22,25). The molecule has 0 unspecified atom stereocenters. The predicted octanol–water partition coefficient (Wildman–Crippen LogP) is 2.49. The number of rotatable bonds is 5. The first kappa shape index (κ1) is 16.9. The van der Waals surface area contributed by atoms with Crippen LogP contribution in [0.2, 0.25) is 0 Å². The van der Waals surface area contributed by atoms with Gasteiger partial charge in [0.2, 0.25) is 0 Å². The molecule has 0 radical (unpaired) electrons. The van der Waals surface area contributed by atoms with Crippen LogP contribution in [0, 0.1) is 0 Å². The molecule has 0 aliphatic rings. The van der Waals surface area contributed by atoms with Crippen LogP contribution in [-0.2, 0) is 0 Å². The van der Waals surface area contributed by atoms with Crippen LogP contribution in [0.4, 0.5) is 0 Å². The summed E-state index contributed by atoms with van der Waals surface area (Å²) in [5.41, 5.74) is 1.35. The third kappa shape index (κ3) is 3.95. The summed E-state index contributed by atoms with van der Waals surface area (Å²) in [6.45, 7) is 1.22. The third-order valence-corrected chi connectivity index (χ3v) is 4.06. The minimum absolute atomic E-state index is 0.128. The Kier molecular flexibility index (Phi) is 4.95. The number of hydrogen-bond acceptors (Lipinski definition) is 3. The van der Waals surface area contributed by atoms with Gasteiger partial charge in [-0.15, -0.1) is 0 Å². The summed E-state index contributed by atoms with van der Waals surface area (Å²) >= 11 is 0. The van der Waals surface area contributed by atoms with Gasteiger partial charge in [0.1, 0.15) is 5.56 Å². The lowest BCUT2D eigenvalue weighted by Crippen LogP contribution is -2.34. The van der Waals surface area contributed by atoms with E-state index in [9.17, 15) is 9.59 Å². The average molecular weight is 335 g/mol. The van der Waals surface area contributed by atoms with Crippen LogP contribution in [0.25, 0.3) is 22.0 Å². The highest BCUT2D eigenvalue weighted by Crippen LogP contribution is 2.22.